The van der Waals surface area contributed by atoms with Gasteiger partial charge in [-0.3, -0.25) is 14.1 Å². The SMILES string of the molecule is CC(C)NC(=O)c1ccc2ccc(-c3nnc4ccc(C(N5CC[C@H](N)C5)C(F)(F)F)cn34)nc2c1. The summed E-state index contributed by atoms with van der Waals surface area (Å²) in [5.41, 5.74) is 7.83. The van der Waals surface area contributed by atoms with E-state index in [1.807, 2.05) is 19.9 Å². The molecule has 2 atom stereocenters. The zero-order chi connectivity index (χ0) is 25.6. The maximum Gasteiger partial charge on any atom is 0.408 e. The van der Waals surface area contributed by atoms with Crippen LogP contribution in [0.25, 0.3) is 28.1 Å². The number of pyridine rings is 2. The first kappa shape index (κ1) is 24.1. The van der Waals surface area contributed by atoms with Gasteiger partial charge in [0.05, 0.1) is 5.52 Å². The van der Waals surface area contributed by atoms with Crippen molar-refractivity contribution in [3.8, 4) is 11.5 Å². The second-order valence-corrected chi connectivity index (χ2v) is 9.43. The Kier molecular flexibility index (Phi) is 6.13. The highest BCUT2D eigenvalue weighted by Crippen LogP contribution is 2.39. The van der Waals surface area contributed by atoms with Gasteiger partial charge in [-0.15, -0.1) is 10.2 Å². The Hall–Kier alpha value is -3.57. The molecule has 8 nitrogen and oxygen atoms in total. The zero-order valence-corrected chi connectivity index (χ0v) is 19.8. The highest BCUT2D eigenvalue weighted by Gasteiger charge is 2.46. The fourth-order valence-corrected chi connectivity index (χ4v) is 4.63. The van der Waals surface area contributed by atoms with Crippen LogP contribution in [-0.4, -0.2) is 61.7 Å². The third-order valence-corrected chi connectivity index (χ3v) is 6.28. The van der Waals surface area contributed by atoms with E-state index in [1.165, 1.54) is 27.6 Å². The maximum atomic E-state index is 14.1. The zero-order valence-electron chi connectivity index (χ0n) is 19.8. The van der Waals surface area contributed by atoms with Crippen LogP contribution in [0, 0.1) is 0 Å². The summed E-state index contributed by atoms with van der Waals surface area (Å²) in [4.78, 5) is 18.4. The summed E-state index contributed by atoms with van der Waals surface area (Å²) in [6.07, 6.45) is -2.53. The minimum atomic E-state index is -4.47. The van der Waals surface area contributed by atoms with E-state index in [0.717, 1.165) is 5.39 Å². The van der Waals surface area contributed by atoms with Crippen molar-refractivity contribution in [1.29, 1.82) is 0 Å². The molecule has 1 aliphatic heterocycles. The Morgan fingerprint density at radius 2 is 1.92 bits per heavy atom. The molecule has 1 amide bonds. The Balaban J connectivity index is 1.55. The first-order chi connectivity index (χ1) is 17.1. The molecule has 3 N–H and O–H groups in total. The third kappa shape index (κ3) is 4.63. The minimum absolute atomic E-state index is 0.0131. The smallest absolute Gasteiger partial charge is 0.350 e. The van der Waals surface area contributed by atoms with Gasteiger partial charge in [0.15, 0.2) is 11.5 Å². The highest BCUT2D eigenvalue weighted by molar-refractivity contribution is 5.98. The maximum absolute atomic E-state index is 14.1. The van der Waals surface area contributed by atoms with Gasteiger partial charge in [0.1, 0.15) is 11.7 Å². The summed E-state index contributed by atoms with van der Waals surface area (Å²) in [5.74, 6) is 0.0985. The molecule has 0 aliphatic carbocycles. The van der Waals surface area contributed by atoms with Crippen molar-refractivity contribution in [2.75, 3.05) is 13.1 Å². The number of nitrogens with zero attached hydrogens (tertiary/aromatic N) is 5. The van der Waals surface area contributed by atoms with Gasteiger partial charge in [-0.1, -0.05) is 18.2 Å². The number of hydrogen-bond donors (Lipinski definition) is 2. The summed E-state index contributed by atoms with van der Waals surface area (Å²) in [7, 11) is 0. The molecule has 11 heteroatoms. The molecule has 0 spiro atoms. The molecule has 1 fully saturated rings. The Bertz CT molecular complexity index is 1430. The predicted octanol–water partition coefficient (Wildman–Crippen LogP) is 3.72. The van der Waals surface area contributed by atoms with Crippen molar-refractivity contribution >= 4 is 22.5 Å². The molecule has 1 aliphatic rings. The van der Waals surface area contributed by atoms with Gasteiger partial charge in [-0.25, -0.2) is 4.98 Å². The van der Waals surface area contributed by atoms with E-state index >= 15 is 0 Å². The molecule has 0 bridgehead atoms. The van der Waals surface area contributed by atoms with E-state index in [0.29, 0.717) is 34.7 Å². The predicted molar refractivity (Wildman–Crippen MR) is 129 cm³/mol. The van der Waals surface area contributed by atoms with Crippen molar-refractivity contribution in [3.63, 3.8) is 0 Å². The number of carbonyl (C=O) groups excluding carboxylic acids is 1. The van der Waals surface area contributed by atoms with Gasteiger partial charge in [0.2, 0.25) is 0 Å². The number of halogens is 3. The quantitative estimate of drug-likeness (QED) is 0.436. The van der Waals surface area contributed by atoms with Crippen molar-refractivity contribution in [3.05, 3.63) is 59.8 Å². The molecule has 5 rings (SSSR count). The van der Waals surface area contributed by atoms with E-state index in [2.05, 4.69) is 20.5 Å². The van der Waals surface area contributed by atoms with Crippen LogP contribution in [0.5, 0.6) is 0 Å². The van der Waals surface area contributed by atoms with E-state index in [1.54, 1.807) is 24.3 Å². The Morgan fingerprint density at radius 3 is 2.61 bits per heavy atom. The van der Waals surface area contributed by atoms with Crippen molar-refractivity contribution in [2.24, 2.45) is 5.73 Å². The number of nitrogens with two attached hydrogens (primary N) is 1. The lowest BCUT2D eigenvalue weighted by Crippen LogP contribution is -2.38. The van der Waals surface area contributed by atoms with Crippen LogP contribution in [0.15, 0.2) is 48.7 Å². The van der Waals surface area contributed by atoms with E-state index < -0.39 is 12.2 Å². The number of benzene rings is 1. The van der Waals surface area contributed by atoms with Crippen molar-refractivity contribution in [1.82, 2.24) is 29.8 Å². The number of aromatic nitrogens is 4. The number of fused-ring (bicyclic) bond motifs is 2. The monoisotopic (exact) mass is 497 g/mol. The fraction of sp³-hybridized carbons (Fsp3) is 0.360. The average Bonchev–Trinajstić information content (AvgIpc) is 3.43. The molecule has 4 aromatic rings. The number of carbonyl (C=O) groups is 1. The van der Waals surface area contributed by atoms with Crippen LogP contribution in [0.1, 0.15) is 42.2 Å². The van der Waals surface area contributed by atoms with Crippen LogP contribution in [-0.2, 0) is 0 Å². The molecule has 0 radical (unpaired) electrons. The number of alkyl halides is 3. The van der Waals surface area contributed by atoms with Gasteiger partial charge in [0.25, 0.3) is 5.91 Å². The summed E-state index contributed by atoms with van der Waals surface area (Å²) >= 11 is 0. The van der Waals surface area contributed by atoms with Gasteiger partial charge in [-0.05, 0) is 50.1 Å². The molecule has 36 heavy (non-hydrogen) atoms. The molecule has 4 heterocycles. The highest BCUT2D eigenvalue weighted by atomic mass is 19.4. The first-order valence-electron chi connectivity index (χ1n) is 11.7. The number of rotatable bonds is 5. The van der Waals surface area contributed by atoms with Gasteiger partial charge < -0.3 is 11.1 Å². The second-order valence-electron chi connectivity index (χ2n) is 9.43. The summed E-state index contributed by atoms with van der Waals surface area (Å²) in [5, 5.41) is 12.0. The average molecular weight is 498 g/mol. The Labute approximate surface area is 205 Å². The molecule has 1 unspecified atom stereocenters. The lowest BCUT2D eigenvalue weighted by Gasteiger charge is -2.30. The van der Waals surface area contributed by atoms with Crippen LogP contribution in [0.3, 0.4) is 0 Å². The molecule has 3 aromatic heterocycles. The standard InChI is InChI=1S/C25H26F3N7O/c1-14(2)30-24(36)16-4-3-15-5-7-19(31-20(15)11-16)23-33-32-21-8-6-17(12-35(21)23)22(25(26,27)28)34-10-9-18(29)13-34/h3-8,11-12,14,18,22H,9-10,13,29H2,1-2H3,(H,30,36)/t18-,22?/m0/s1. The molecular weight excluding hydrogens is 471 g/mol. The van der Waals surface area contributed by atoms with E-state index in [9.17, 15) is 18.0 Å². The van der Waals surface area contributed by atoms with Gasteiger partial charge >= 0.3 is 6.18 Å². The summed E-state index contributed by atoms with van der Waals surface area (Å²) in [6.45, 7) is 4.20. The number of nitrogens with one attached hydrogen (secondary N) is 1. The third-order valence-electron chi connectivity index (χ3n) is 6.28. The van der Waals surface area contributed by atoms with Gasteiger partial charge in [-0.2, -0.15) is 13.2 Å². The van der Waals surface area contributed by atoms with Crippen LogP contribution in [0.4, 0.5) is 13.2 Å². The molecule has 0 saturated carbocycles. The van der Waals surface area contributed by atoms with Crippen LogP contribution in [0.2, 0.25) is 0 Å². The van der Waals surface area contributed by atoms with E-state index in [4.69, 9.17) is 5.73 Å². The number of likely N-dealkylation sites (tertiary alicyclic amines) is 1. The number of amides is 1. The molecule has 188 valence electrons. The molecular formula is C25H26F3N7O. The Morgan fingerprint density at radius 1 is 1.14 bits per heavy atom. The lowest BCUT2D eigenvalue weighted by molar-refractivity contribution is -0.183. The van der Waals surface area contributed by atoms with Crippen LogP contribution >= 0.6 is 0 Å². The van der Waals surface area contributed by atoms with E-state index in [-0.39, 0.29) is 36.6 Å². The van der Waals surface area contributed by atoms with Gasteiger partial charge in [0, 0.05) is 42.3 Å². The second kappa shape index (κ2) is 9.14. The summed E-state index contributed by atoms with van der Waals surface area (Å²) < 4.78 is 43.9. The van der Waals surface area contributed by atoms with Crippen LogP contribution < -0.4 is 11.1 Å². The largest absolute Gasteiger partial charge is 0.408 e. The summed E-state index contributed by atoms with van der Waals surface area (Å²) in [6, 6.07) is 9.66. The normalized spacial score (nSPS) is 17.8. The molecule has 1 aromatic carbocycles. The van der Waals surface area contributed by atoms with Crippen molar-refractivity contribution in [2.45, 2.75) is 44.6 Å². The lowest BCUT2D eigenvalue weighted by atomic mass is 10.1. The molecule has 1 saturated heterocycles. The topological polar surface area (TPSA) is 101 Å². The minimum Gasteiger partial charge on any atom is -0.350 e. The number of hydrogen-bond acceptors (Lipinski definition) is 6. The fourth-order valence-electron chi connectivity index (χ4n) is 4.63. The first-order valence-corrected chi connectivity index (χ1v) is 11.7. The van der Waals surface area contributed by atoms with Crippen molar-refractivity contribution < 1.29 is 18.0 Å².